The topological polar surface area (TPSA) is 106 Å². The van der Waals surface area contributed by atoms with Gasteiger partial charge in [-0.15, -0.1) is 0 Å². The summed E-state index contributed by atoms with van der Waals surface area (Å²) in [6.45, 7) is 2.17. The second-order valence-electron chi connectivity index (χ2n) is 4.60. The van der Waals surface area contributed by atoms with E-state index < -0.39 is 5.79 Å². The molecule has 0 aromatic heterocycles. The highest BCUT2D eigenvalue weighted by atomic mass is 16.9. The lowest BCUT2D eigenvalue weighted by Gasteiger charge is -2.41. The highest BCUT2D eigenvalue weighted by molar-refractivity contribution is 4.74. The molecule has 1 fully saturated rings. The second kappa shape index (κ2) is 8.79. The molecule has 18 heavy (non-hydrogen) atoms. The minimum absolute atomic E-state index is 0.224. The summed E-state index contributed by atoms with van der Waals surface area (Å²) < 4.78 is 17.1. The number of hydrogen-bond acceptors (Lipinski definition) is 6. The van der Waals surface area contributed by atoms with Gasteiger partial charge in [-0.1, -0.05) is 0 Å². The molecule has 0 amide bonds. The smallest absolute Gasteiger partial charge is 0.174 e. The molecule has 6 N–H and O–H groups in total. The molecular weight excluding hydrogens is 234 g/mol. The molecule has 1 aliphatic rings. The van der Waals surface area contributed by atoms with Gasteiger partial charge in [0.05, 0.1) is 0 Å². The third-order valence-electron chi connectivity index (χ3n) is 3.09. The van der Waals surface area contributed by atoms with Crippen molar-refractivity contribution >= 4 is 0 Å². The van der Waals surface area contributed by atoms with Crippen LogP contribution < -0.4 is 17.2 Å². The maximum Gasteiger partial charge on any atom is 0.174 e. The van der Waals surface area contributed by atoms with Gasteiger partial charge < -0.3 is 31.4 Å². The Kier molecular flexibility index (Phi) is 7.73. The van der Waals surface area contributed by atoms with Crippen molar-refractivity contribution in [2.24, 2.45) is 17.2 Å². The van der Waals surface area contributed by atoms with E-state index >= 15 is 0 Å². The van der Waals surface area contributed by atoms with Crippen molar-refractivity contribution in [3.63, 3.8) is 0 Å². The first-order valence-electron chi connectivity index (χ1n) is 6.80. The Labute approximate surface area is 109 Å². The van der Waals surface area contributed by atoms with Gasteiger partial charge in [-0.05, 0) is 45.3 Å². The van der Waals surface area contributed by atoms with E-state index in [0.29, 0.717) is 19.6 Å². The molecule has 0 spiro atoms. The van der Waals surface area contributed by atoms with Crippen molar-refractivity contribution in [1.82, 2.24) is 0 Å². The largest absolute Gasteiger partial charge is 0.330 e. The summed E-state index contributed by atoms with van der Waals surface area (Å²) in [7, 11) is 0. The summed E-state index contributed by atoms with van der Waals surface area (Å²) in [5.74, 6) is -0.573. The SMILES string of the molecule is NCCCC1OCOC(CCCN)(CCCN)O1. The Bertz CT molecular complexity index is 209. The van der Waals surface area contributed by atoms with Crippen LogP contribution in [-0.2, 0) is 14.2 Å². The molecule has 0 radical (unpaired) electrons. The molecule has 108 valence electrons. The Morgan fingerprint density at radius 2 is 1.56 bits per heavy atom. The molecule has 0 bridgehead atoms. The first-order valence-corrected chi connectivity index (χ1v) is 6.80. The number of rotatable bonds is 9. The summed E-state index contributed by atoms with van der Waals surface area (Å²) >= 11 is 0. The van der Waals surface area contributed by atoms with Crippen LogP contribution in [0.1, 0.15) is 38.5 Å². The monoisotopic (exact) mass is 261 g/mol. The van der Waals surface area contributed by atoms with E-state index in [4.69, 9.17) is 31.4 Å². The van der Waals surface area contributed by atoms with Crippen LogP contribution in [0.2, 0.25) is 0 Å². The van der Waals surface area contributed by atoms with Gasteiger partial charge >= 0.3 is 0 Å². The Morgan fingerprint density at radius 3 is 2.11 bits per heavy atom. The van der Waals surface area contributed by atoms with E-state index in [1.165, 1.54) is 0 Å². The summed E-state index contributed by atoms with van der Waals surface area (Å²) in [6, 6.07) is 0. The van der Waals surface area contributed by atoms with Crippen LogP contribution in [0, 0.1) is 0 Å². The summed E-state index contributed by atoms with van der Waals surface area (Å²) in [5.41, 5.74) is 16.6. The molecule has 0 aromatic rings. The van der Waals surface area contributed by atoms with Crippen molar-refractivity contribution < 1.29 is 14.2 Å². The molecule has 1 rings (SSSR count). The fourth-order valence-electron chi connectivity index (χ4n) is 2.08. The van der Waals surface area contributed by atoms with E-state index in [9.17, 15) is 0 Å². The fraction of sp³-hybridized carbons (Fsp3) is 1.00. The lowest BCUT2D eigenvalue weighted by Crippen LogP contribution is -2.46. The molecule has 1 unspecified atom stereocenters. The summed E-state index contributed by atoms with van der Waals surface area (Å²) in [4.78, 5) is 0. The Hall–Kier alpha value is -0.240. The molecule has 0 aliphatic carbocycles. The van der Waals surface area contributed by atoms with Crippen LogP contribution in [0.15, 0.2) is 0 Å². The maximum atomic E-state index is 5.97. The Balaban J connectivity index is 2.51. The average molecular weight is 261 g/mol. The second-order valence-corrected chi connectivity index (χ2v) is 4.60. The molecule has 6 nitrogen and oxygen atoms in total. The predicted octanol–water partition coefficient (Wildman–Crippen LogP) is 0.246. The van der Waals surface area contributed by atoms with Crippen LogP contribution in [0.25, 0.3) is 0 Å². The average Bonchev–Trinajstić information content (AvgIpc) is 2.41. The third-order valence-corrected chi connectivity index (χ3v) is 3.09. The van der Waals surface area contributed by atoms with E-state index in [1.54, 1.807) is 0 Å². The molecule has 0 saturated carbocycles. The van der Waals surface area contributed by atoms with Crippen LogP contribution in [0.5, 0.6) is 0 Å². The molecule has 1 saturated heterocycles. The lowest BCUT2D eigenvalue weighted by molar-refractivity contribution is -0.401. The van der Waals surface area contributed by atoms with Crippen molar-refractivity contribution in [2.75, 3.05) is 26.4 Å². The maximum absolute atomic E-state index is 5.97. The molecule has 6 heteroatoms. The van der Waals surface area contributed by atoms with Crippen molar-refractivity contribution in [2.45, 2.75) is 50.6 Å². The quantitative estimate of drug-likeness (QED) is 0.549. The zero-order valence-corrected chi connectivity index (χ0v) is 11.1. The van der Waals surface area contributed by atoms with Crippen molar-refractivity contribution in [1.29, 1.82) is 0 Å². The lowest BCUT2D eigenvalue weighted by atomic mass is 10.0. The van der Waals surface area contributed by atoms with E-state index in [0.717, 1.165) is 38.5 Å². The molecule has 0 aromatic carbocycles. The van der Waals surface area contributed by atoms with Gasteiger partial charge in [-0.2, -0.15) is 0 Å². The number of hydrogen-bond donors (Lipinski definition) is 3. The summed E-state index contributed by atoms with van der Waals surface area (Å²) in [5, 5.41) is 0. The minimum atomic E-state index is -0.573. The predicted molar refractivity (Wildman–Crippen MR) is 69.5 cm³/mol. The first kappa shape index (κ1) is 15.8. The van der Waals surface area contributed by atoms with E-state index in [2.05, 4.69) is 0 Å². The van der Waals surface area contributed by atoms with Gasteiger partial charge in [0.15, 0.2) is 18.9 Å². The normalized spacial score (nSPS) is 23.2. The van der Waals surface area contributed by atoms with Gasteiger partial charge in [0.25, 0.3) is 0 Å². The van der Waals surface area contributed by atoms with Crippen molar-refractivity contribution in [3.8, 4) is 0 Å². The zero-order chi connectivity index (χ0) is 13.3. The standard InChI is InChI=1S/C12H27N3O3/c13-7-1-4-11-16-10-17-12(18-11,5-2-8-14)6-3-9-15/h11H,1-10,13-15H2. The first-order chi connectivity index (χ1) is 8.76. The van der Waals surface area contributed by atoms with Gasteiger partial charge in [0.2, 0.25) is 0 Å². The number of ether oxygens (including phenoxy) is 3. The van der Waals surface area contributed by atoms with E-state index in [-0.39, 0.29) is 13.1 Å². The van der Waals surface area contributed by atoms with Crippen LogP contribution >= 0.6 is 0 Å². The van der Waals surface area contributed by atoms with Crippen LogP contribution in [-0.4, -0.2) is 38.5 Å². The van der Waals surface area contributed by atoms with Crippen LogP contribution in [0.3, 0.4) is 0 Å². The van der Waals surface area contributed by atoms with Crippen molar-refractivity contribution in [3.05, 3.63) is 0 Å². The fourth-order valence-corrected chi connectivity index (χ4v) is 2.08. The van der Waals surface area contributed by atoms with Crippen LogP contribution in [0.4, 0.5) is 0 Å². The highest BCUT2D eigenvalue weighted by Crippen LogP contribution is 2.32. The Morgan fingerprint density at radius 1 is 0.944 bits per heavy atom. The molecule has 1 heterocycles. The molecular formula is C12H27N3O3. The zero-order valence-electron chi connectivity index (χ0n) is 11.1. The summed E-state index contributed by atoms with van der Waals surface area (Å²) in [6.07, 6.45) is 4.76. The highest BCUT2D eigenvalue weighted by Gasteiger charge is 2.37. The van der Waals surface area contributed by atoms with Gasteiger partial charge in [0, 0.05) is 12.8 Å². The van der Waals surface area contributed by atoms with Gasteiger partial charge in [-0.25, -0.2) is 0 Å². The molecule has 1 atom stereocenters. The number of nitrogens with two attached hydrogens (primary N) is 3. The third kappa shape index (κ3) is 5.17. The minimum Gasteiger partial charge on any atom is -0.330 e. The molecule has 1 aliphatic heterocycles. The van der Waals surface area contributed by atoms with Gasteiger partial charge in [-0.3, -0.25) is 0 Å². The van der Waals surface area contributed by atoms with E-state index in [1.807, 2.05) is 0 Å². The van der Waals surface area contributed by atoms with Gasteiger partial charge in [0.1, 0.15) is 0 Å².